The van der Waals surface area contributed by atoms with Crippen molar-refractivity contribution < 1.29 is 9.59 Å². The molecule has 0 fully saturated rings. The number of para-hydroxylation sites is 1. The first-order valence-corrected chi connectivity index (χ1v) is 8.78. The summed E-state index contributed by atoms with van der Waals surface area (Å²) >= 11 is 0. The monoisotopic (exact) mass is 346 g/mol. The summed E-state index contributed by atoms with van der Waals surface area (Å²) in [7, 11) is 0. The van der Waals surface area contributed by atoms with E-state index in [1.807, 2.05) is 50.2 Å². The molecular formula is C22H22N2O2. The van der Waals surface area contributed by atoms with Crippen molar-refractivity contribution in [3.05, 3.63) is 77.9 Å². The van der Waals surface area contributed by atoms with Crippen molar-refractivity contribution in [2.75, 3.05) is 5.32 Å². The minimum absolute atomic E-state index is 0.0757. The molecule has 0 heterocycles. The summed E-state index contributed by atoms with van der Waals surface area (Å²) in [5.41, 5.74) is 1.52. The fourth-order valence-electron chi connectivity index (χ4n) is 2.72. The SMILES string of the molecule is CCC(C)NC(=O)c1ccccc1NC(=O)c1ccc2ccccc2c1. The van der Waals surface area contributed by atoms with Gasteiger partial charge in [-0.3, -0.25) is 9.59 Å². The fraction of sp³-hybridized carbons (Fsp3) is 0.182. The van der Waals surface area contributed by atoms with Gasteiger partial charge in [0.1, 0.15) is 0 Å². The number of carbonyl (C=O) groups is 2. The molecule has 0 bridgehead atoms. The van der Waals surface area contributed by atoms with Crippen LogP contribution in [0.15, 0.2) is 66.7 Å². The van der Waals surface area contributed by atoms with Crippen molar-refractivity contribution in [2.24, 2.45) is 0 Å². The standard InChI is InChI=1S/C22H22N2O2/c1-3-15(2)23-22(26)19-10-6-7-11-20(19)24-21(25)18-13-12-16-8-4-5-9-17(16)14-18/h4-15H,3H2,1-2H3,(H,23,26)(H,24,25). The molecule has 0 saturated carbocycles. The molecule has 3 aromatic carbocycles. The summed E-state index contributed by atoms with van der Waals surface area (Å²) in [6.45, 7) is 3.96. The Kier molecular flexibility index (Phi) is 5.32. The number of benzene rings is 3. The van der Waals surface area contributed by atoms with Crippen molar-refractivity contribution in [1.82, 2.24) is 5.32 Å². The Balaban J connectivity index is 1.83. The molecule has 2 amide bonds. The molecule has 0 aliphatic rings. The van der Waals surface area contributed by atoms with Gasteiger partial charge in [-0.15, -0.1) is 0 Å². The third kappa shape index (κ3) is 3.91. The maximum absolute atomic E-state index is 12.7. The number of nitrogens with one attached hydrogen (secondary N) is 2. The van der Waals surface area contributed by atoms with Crippen molar-refractivity contribution >= 4 is 28.3 Å². The van der Waals surface area contributed by atoms with Gasteiger partial charge in [0, 0.05) is 11.6 Å². The summed E-state index contributed by atoms with van der Waals surface area (Å²) in [6.07, 6.45) is 0.845. The van der Waals surface area contributed by atoms with Crippen molar-refractivity contribution in [1.29, 1.82) is 0 Å². The van der Waals surface area contributed by atoms with Gasteiger partial charge in [-0.1, -0.05) is 49.4 Å². The molecule has 3 rings (SSSR count). The Morgan fingerprint density at radius 2 is 1.58 bits per heavy atom. The Morgan fingerprint density at radius 3 is 2.35 bits per heavy atom. The molecule has 3 aromatic rings. The highest BCUT2D eigenvalue weighted by molar-refractivity contribution is 6.10. The lowest BCUT2D eigenvalue weighted by Crippen LogP contribution is -2.32. The second kappa shape index (κ2) is 7.83. The number of amides is 2. The minimum Gasteiger partial charge on any atom is -0.350 e. The molecule has 0 saturated heterocycles. The highest BCUT2D eigenvalue weighted by Gasteiger charge is 2.15. The van der Waals surface area contributed by atoms with E-state index >= 15 is 0 Å². The van der Waals surface area contributed by atoms with E-state index in [-0.39, 0.29) is 17.9 Å². The number of rotatable bonds is 5. The molecule has 0 spiro atoms. The van der Waals surface area contributed by atoms with Crippen molar-refractivity contribution in [3.63, 3.8) is 0 Å². The van der Waals surface area contributed by atoms with Crippen molar-refractivity contribution in [2.45, 2.75) is 26.3 Å². The van der Waals surface area contributed by atoms with Crippen molar-refractivity contribution in [3.8, 4) is 0 Å². The summed E-state index contributed by atoms with van der Waals surface area (Å²) in [6, 6.07) is 20.6. The van der Waals surface area contributed by atoms with E-state index in [1.54, 1.807) is 30.3 Å². The van der Waals surface area contributed by atoms with Gasteiger partial charge in [-0.2, -0.15) is 0 Å². The highest BCUT2D eigenvalue weighted by Crippen LogP contribution is 2.19. The summed E-state index contributed by atoms with van der Waals surface area (Å²) < 4.78 is 0. The predicted octanol–water partition coefficient (Wildman–Crippen LogP) is 4.62. The van der Waals surface area contributed by atoms with Crippen LogP contribution in [0.4, 0.5) is 5.69 Å². The van der Waals surface area contributed by atoms with Gasteiger partial charge < -0.3 is 10.6 Å². The van der Waals surface area contributed by atoms with Crippen LogP contribution in [0.5, 0.6) is 0 Å². The number of hydrogen-bond donors (Lipinski definition) is 2. The smallest absolute Gasteiger partial charge is 0.255 e. The average Bonchev–Trinajstić information content (AvgIpc) is 2.67. The molecule has 26 heavy (non-hydrogen) atoms. The molecule has 0 radical (unpaired) electrons. The second-order valence-corrected chi connectivity index (χ2v) is 6.34. The van der Waals surface area contributed by atoms with Crippen LogP contribution in [0.25, 0.3) is 10.8 Å². The Labute approximate surface area is 153 Å². The Hall–Kier alpha value is -3.14. The predicted molar refractivity (Wildman–Crippen MR) is 106 cm³/mol. The van der Waals surface area contributed by atoms with Crippen LogP contribution in [0, 0.1) is 0 Å². The summed E-state index contributed by atoms with van der Waals surface area (Å²) in [5.74, 6) is -0.423. The van der Waals surface area contributed by atoms with Crippen LogP contribution in [0.1, 0.15) is 41.0 Å². The lowest BCUT2D eigenvalue weighted by molar-refractivity contribution is 0.0940. The maximum atomic E-state index is 12.7. The molecule has 4 heteroatoms. The zero-order chi connectivity index (χ0) is 18.5. The number of anilines is 1. The number of hydrogen-bond acceptors (Lipinski definition) is 2. The first kappa shape index (κ1) is 17.7. The zero-order valence-electron chi connectivity index (χ0n) is 15.0. The van der Waals surface area contributed by atoms with E-state index in [4.69, 9.17) is 0 Å². The lowest BCUT2D eigenvalue weighted by Gasteiger charge is -2.14. The molecule has 2 N–H and O–H groups in total. The fourth-order valence-corrected chi connectivity index (χ4v) is 2.72. The normalized spacial score (nSPS) is 11.8. The molecule has 4 nitrogen and oxygen atoms in total. The van der Waals surface area contributed by atoms with Gasteiger partial charge in [0.05, 0.1) is 11.3 Å². The van der Waals surface area contributed by atoms with E-state index < -0.39 is 0 Å². The third-order valence-corrected chi connectivity index (χ3v) is 4.42. The highest BCUT2D eigenvalue weighted by atomic mass is 16.2. The first-order valence-electron chi connectivity index (χ1n) is 8.78. The van der Waals surface area contributed by atoms with Crippen LogP contribution in [0.3, 0.4) is 0 Å². The first-order chi connectivity index (χ1) is 12.6. The van der Waals surface area contributed by atoms with Gasteiger partial charge in [-0.25, -0.2) is 0 Å². The van der Waals surface area contributed by atoms with Gasteiger partial charge in [0.25, 0.3) is 11.8 Å². The van der Waals surface area contributed by atoms with Gasteiger partial charge in [0.15, 0.2) is 0 Å². The van der Waals surface area contributed by atoms with Crippen LogP contribution in [0.2, 0.25) is 0 Å². The number of fused-ring (bicyclic) bond motifs is 1. The molecule has 0 aliphatic carbocycles. The molecular weight excluding hydrogens is 324 g/mol. The van der Waals surface area contributed by atoms with Crippen LogP contribution >= 0.6 is 0 Å². The quantitative estimate of drug-likeness (QED) is 0.708. The maximum Gasteiger partial charge on any atom is 0.255 e. The Morgan fingerprint density at radius 1 is 0.885 bits per heavy atom. The van der Waals surface area contributed by atoms with Gasteiger partial charge in [-0.05, 0) is 48.4 Å². The van der Waals surface area contributed by atoms with E-state index in [9.17, 15) is 9.59 Å². The average molecular weight is 346 g/mol. The molecule has 0 aromatic heterocycles. The van der Waals surface area contributed by atoms with E-state index in [1.165, 1.54) is 0 Å². The molecule has 1 unspecified atom stereocenters. The summed E-state index contributed by atoms with van der Waals surface area (Å²) in [4.78, 5) is 25.1. The van der Waals surface area contributed by atoms with Gasteiger partial charge in [0.2, 0.25) is 0 Å². The van der Waals surface area contributed by atoms with Crippen LogP contribution in [-0.4, -0.2) is 17.9 Å². The second-order valence-electron chi connectivity index (χ2n) is 6.34. The summed E-state index contributed by atoms with van der Waals surface area (Å²) in [5, 5.41) is 7.88. The molecule has 0 aliphatic heterocycles. The zero-order valence-corrected chi connectivity index (χ0v) is 15.0. The van der Waals surface area contributed by atoms with Crippen LogP contribution < -0.4 is 10.6 Å². The topological polar surface area (TPSA) is 58.2 Å². The molecule has 1 atom stereocenters. The van der Waals surface area contributed by atoms with E-state index in [0.717, 1.165) is 17.2 Å². The Bertz CT molecular complexity index is 950. The lowest BCUT2D eigenvalue weighted by atomic mass is 10.1. The largest absolute Gasteiger partial charge is 0.350 e. The number of carbonyl (C=O) groups excluding carboxylic acids is 2. The van der Waals surface area contributed by atoms with E-state index in [0.29, 0.717) is 16.8 Å². The molecule has 132 valence electrons. The van der Waals surface area contributed by atoms with E-state index in [2.05, 4.69) is 10.6 Å². The third-order valence-electron chi connectivity index (χ3n) is 4.42. The minimum atomic E-state index is -0.237. The van der Waals surface area contributed by atoms with Crippen LogP contribution in [-0.2, 0) is 0 Å². The van der Waals surface area contributed by atoms with Gasteiger partial charge >= 0.3 is 0 Å².